The first-order valence-electron chi connectivity index (χ1n) is 6.56. The van der Waals surface area contributed by atoms with E-state index in [1.54, 1.807) is 32.9 Å². The predicted octanol–water partition coefficient (Wildman–Crippen LogP) is 2.56. The predicted molar refractivity (Wildman–Crippen MR) is 80.2 cm³/mol. The number of Topliss-reactive ketones (excluding diaryl/α,β-unsaturated/α-hetero) is 1. The Morgan fingerprint density at radius 1 is 1.14 bits per heavy atom. The van der Waals surface area contributed by atoms with E-state index >= 15 is 0 Å². The molecule has 112 valence electrons. The second-order valence-corrected chi connectivity index (χ2v) is 6.95. The van der Waals surface area contributed by atoms with E-state index < -0.39 is 10.0 Å². The highest BCUT2D eigenvalue weighted by atomic mass is 32.2. The Bertz CT molecular complexity index is 833. The maximum atomic E-state index is 12.8. The van der Waals surface area contributed by atoms with E-state index in [9.17, 15) is 13.2 Å². The maximum Gasteiger partial charge on any atom is 0.283 e. The number of ketones is 1. The van der Waals surface area contributed by atoms with E-state index in [1.807, 2.05) is 13.0 Å². The number of aromatic nitrogens is 2. The Labute approximate surface area is 124 Å². The highest BCUT2D eigenvalue weighted by molar-refractivity contribution is 7.90. The van der Waals surface area contributed by atoms with E-state index in [4.69, 9.17) is 0 Å². The number of hydrogen-bond acceptors (Lipinski definition) is 4. The molecule has 0 spiro atoms. The van der Waals surface area contributed by atoms with Crippen molar-refractivity contribution in [2.75, 3.05) is 0 Å². The van der Waals surface area contributed by atoms with E-state index in [2.05, 4.69) is 5.10 Å². The molecule has 1 aromatic heterocycles. The van der Waals surface area contributed by atoms with Gasteiger partial charge in [0.25, 0.3) is 10.0 Å². The van der Waals surface area contributed by atoms with Gasteiger partial charge in [-0.3, -0.25) is 4.79 Å². The zero-order chi connectivity index (χ0) is 15.9. The van der Waals surface area contributed by atoms with Crippen LogP contribution in [0.5, 0.6) is 0 Å². The molecule has 0 fully saturated rings. The molecule has 0 radical (unpaired) electrons. The minimum absolute atomic E-state index is 0.188. The average Bonchev–Trinajstić information content (AvgIpc) is 2.64. The molecule has 0 saturated carbocycles. The topological polar surface area (TPSA) is 69.0 Å². The lowest BCUT2D eigenvalue weighted by Gasteiger charge is -2.10. The third kappa shape index (κ3) is 2.51. The van der Waals surface area contributed by atoms with Crippen molar-refractivity contribution in [1.29, 1.82) is 0 Å². The van der Waals surface area contributed by atoms with Gasteiger partial charge in [-0.2, -0.15) is 17.6 Å². The molecule has 0 aliphatic rings. The summed E-state index contributed by atoms with van der Waals surface area (Å²) in [5.41, 5.74) is 2.79. The summed E-state index contributed by atoms with van der Waals surface area (Å²) >= 11 is 0. The van der Waals surface area contributed by atoms with Crippen LogP contribution < -0.4 is 0 Å². The minimum Gasteiger partial charge on any atom is -0.294 e. The van der Waals surface area contributed by atoms with Crippen LogP contribution in [0.25, 0.3) is 0 Å². The second-order valence-electron chi connectivity index (χ2n) is 5.22. The molecule has 2 aromatic rings. The third-order valence-corrected chi connectivity index (χ3v) is 5.26. The third-order valence-electron chi connectivity index (χ3n) is 3.44. The summed E-state index contributed by atoms with van der Waals surface area (Å²) in [5, 5.41) is 4.05. The standard InChI is InChI=1S/C15H18N2O3S/c1-9-6-7-14(10(2)8-9)21(19,20)17-12(4)15(13(5)18)11(3)16-17/h6-8H,1-5H3. The highest BCUT2D eigenvalue weighted by Gasteiger charge is 2.26. The van der Waals surface area contributed by atoms with Gasteiger partial charge in [-0.05, 0) is 46.2 Å². The first kappa shape index (κ1) is 15.4. The van der Waals surface area contributed by atoms with Crippen LogP contribution >= 0.6 is 0 Å². The largest absolute Gasteiger partial charge is 0.294 e. The zero-order valence-corrected chi connectivity index (χ0v) is 13.6. The molecular formula is C15H18N2O3S. The van der Waals surface area contributed by atoms with Gasteiger partial charge in [-0.1, -0.05) is 17.7 Å². The number of nitrogens with zero attached hydrogens (tertiary/aromatic N) is 2. The lowest BCUT2D eigenvalue weighted by Crippen LogP contribution is -2.17. The van der Waals surface area contributed by atoms with Crippen LogP contribution in [0.15, 0.2) is 23.1 Å². The van der Waals surface area contributed by atoms with Crippen molar-refractivity contribution in [1.82, 2.24) is 9.19 Å². The van der Waals surface area contributed by atoms with Crippen molar-refractivity contribution in [2.24, 2.45) is 0 Å². The van der Waals surface area contributed by atoms with Gasteiger partial charge in [0.2, 0.25) is 0 Å². The monoisotopic (exact) mass is 306 g/mol. The Kier molecular flexibility index (Phi) is 3.76. The number of benzene rings is 1. The van der Waals surface area contributed by atoms with Crippen LogP contribution in [0.1, 0.15) is 39.8 Å². The lowest BCUT2D eigenvalue weighted by molar-refractivity contribution is 0.101. The van der Waals surface area contributed by atoms with Gasteiger partial charge in [0.15, 0.2) is 5.78 Å². The van der Waals surface area contributed by atoms with Crippen LogP contribution in [-0.4, -0.2) is 23.4 Å². The van der Waals surface area contributed by atoms with Gasteiger partial charge in [-0.15, -0.1) is 0 Å². The maximum absolute atomic E-state index is 12.8. The summed E-state index contributed by atoms with van der Waals surface area (Å²) in [4.78, 5) is 11.8. The molecule has 0 bridgehead atoms. The summed E-state index contributed by atoms with van der Waals surface area (Å²) < 4.78 is 26.5. The molecule has 21 heavy (non-hydrogen) atoms. The smallest absolute Gasteiger partial charge is 0.283 e. The summed E-state index contributed by atoms with van der Waals surface area (Å²) in [6, 6.07) is 5.13. The van der Waals surface area contributed by atoms with Crippen molar-refractivity contribution in [3.05, 3.63) is 46.3 Å². The fourth-order valence-corrected chi connectivity index (χ4v) is 4.12. The minimum atomic E-state index is -3.80. The van der Waals surface area contributed by atoms with Crippen LogP contribution in [0, 0.1) is 27.7 Å². The number of carbonyl (C=O) groups excluding carboxylic acids is 1. The first-order chi connectivity index (χ1) is 9.66. The molecule has 0 amide bonds. The van der Waals surface area contributed by atoms with Gasteiger partial charge < -0.3 is 0 Å². The van der Waals surface area contributed by atoms with Crippen LogP contribution in [0.4, 0.5) is 0 Å². The molecule has 2 rings (SSSR count). The second kappa shape index (κ2) is 5.11. The fourth-order valence-electron chi connectivity index (χ4n) is 2.54. The normalized spacial score (nSPS) is 11.7. The number of rotatable bonds is 3. The molecule has 5 nitrogen and oxygen atoms in total. The molecule has 0 aliphatic carbocycles. The van der Waals surface area contributed by atoms with Gasteiger partial charge in [-0.25, -0.2) is 0 Å². The molecule has 0 atom stereocenters. The van der Waals surface area contributed by atoms with Crippen LogP contribution in [0.3, 0.4) is 0 Å². The molecule has 1 aromatic carbocycles. The van der Waals surface area contributed by atoms with Crippen molar-refractivity contribution in [2.45, 2.75) is 39.5 Å². The number of carbonyl (C=O) groups is 1. The summed E-state index contributed by atoms with van der Waals surface area (Å²) in [5.74, 6) is -0.188. The lowest BCUT2D eigenvalue weighted by atomic mass is 10.1. The van der Waals surface area contributed by atoms with E-state index in [1.165, 1.54) is 6.92 Å². The first-order valence-corrected chi connectivity index (χ1v) is 8.00. The van der Waals surface area contributed by atoms with Crippen molar-refractivity contribution in [3.8, 4) is 0 Å². The van der Waals surface area contributed by atoms with Crippen molar-refractivity contribution >= 4 is 15.8 Å². The van der Waals surface area contributed by atoms with Crippen molar-refractivity contribution < 1.29 is 13.2 Å². The molecule has 6 heteroatoms. The summed E-state index contributed by atoms with van der Waals surface area (Å²) in [6.45, 7) is 8.29. The van der Waals surface area contributed by atoms with Gasteiger partial charge in [0.05, 0.1) is 21.8 Å². The zero-order valence-electron chi connectivity index (χ0n) is 12.8. The molecule has 0 unspecified atom stereocenters. The Hall–Kier alpha value is -1.95. The van der Waals surface area contributed by atoms with Gasteiger partial charge >= 0.3 is 0 Å². The molecular weight excluding hydrogens is 288 g/mol. The molecule has 0 aliphatic heterocycles. The van der Waals surface area contributed by atoms with Gasteiger partial charge in [0, 0.05) is 0 Å². The molecule has 0 N–H and O–H groups in total. The Morgan fingerprint density at radius 3 is 2.24 bits per heavy atom. The quantitative estimate of drug-likeness (QED) is 0.817. The van der Waals surface area contributed by atoms with Gasteiger partial charge in [0.1, 0.15) is 0 Å². The Morgan fingerprint density at radius 2 is 1.76 bits per heavy atom. The van der Waals surface area contributed by atoms with E-state index in [-0.39, 0.29) is 10.7 Å². The summed E-state index contributed by atoms with van der Waals surface area (Å²) in [6.07, 6.45) is 0. The van der Waals surface area contributed by atoms with Crippen LogP contribution in [-0.2, 0) is 10.0 Å². The van der Waals surface area contributed by atoms with E-state index in [0.717, 1.165) is 9.65 Å². The van der Waals surface area contributed by atoms with E-state index in [0.29, 0.717) is 22.5 Å². The average molecular weight is 306 g/mol. The van der Waals surface area contributed by atoms with Crippen molar-refractivity contribution in [3.63, 3.8) is 0 Å². The SMILES string of the molecule is CC(=O)c1c(C)nn(S(=O)(=O)c2ccc(C)cc2C)c1C. The number of aryl methyl sites for hydroxylation is 3. The Balaban J connectivity index is 2.71. The van der Waals surface area contributed by atoms with Crippen LogP contribution in [0.2, 0.25) is 0 Å². The number of hydrogen-bond donors (Lipinski definition) is 0. The molecule has 0 saturated heterocycles. The molecule has 1 heterocycles. The fraction of sp³-hybridized carbons (Fsp3) is 0.333. The summed E-state index contributed by atoms with van der Waals surface area (Å²) in [7, 11) is -3.80. The highest BCUT2D eigenvalue weighted by Crippen LogP contribution is 2.23.